The van der Waals surface area contributed by atoms with E-state index in [0.717, 1.165) is 15.6 Å². The van der Waals surface area contributed by atoms with Gasteiger partial charge in [-0.1, -0.05) is 63.6 Å². The molecule has 0 aliphatic rings. The number of hydrogen-bond acceptors (Lipinski definition) is 4. The van der Waals surface area contributed by atoms with Crippen LogP contribution in [-0.4, -0.2) is 16.9 Å². The molecule has 0 fully saturated rings. The van der Waals surface area contributed by atoms with Crippen molar-refractivity contribution in [3.8, 4) is 11.3 Å². The molecule has 0 amide bonds. The molecule has 5 heteroatoms. The van der Waals surface area contributed by atoms with Gasteiger partial charge in [0.2, 0.25) is 0 Å². The highest BCUT2D eigenvalue weighted by molar-refractivity contribution is 9.10. The van der Waals surface area contributed by atoms with Crippen LogP contribution in [0.25, 0.3) is 11.3 Å². The van der Waals surface area contributed by atoms with Crippen molar-refractivity contribution in [1.29, 1.82) is 0 Å². The molecule has 0 unspecified atom stereocenters. The van der Waals surface area contributed by atoms with Crippen LogP contribution in [0, 0.1) is 6.92 Å². The number of nitrogens with zero attached hydrogens (tertiary/aromatic N) is 1. The lowest BCUT2D eigenvalue weighted by Gasteiger charge is -2.12. The third-order valence-electron chi connectivity index (χ3n) is 3.74. The number of aliphatic hydroxyl groups excluding tert-OH is 1. The van der Waals surface area contributed by atoms with Gasteiger partial charge in [0.25, 0.3) is 0 Å². The summed E-state index contributed by atoms with van der Waals surface area (Å²) >= 11 is 3.41. The van der Waals surface area contributed by atoms with E-state index in [1.54, 1.807) is 0 Å². The Morgan fingerprint density at radius 1 is 1.12 bits per heavy atom. The molecule has 0 saturated heterocycles. The highest BCUT2D eigenvalue weighted by Gasteiger charge is 2.22. The fourth-order valence-corrected chi connectivity index (χ4v) is 2.79. The van der Waals surface area contributed by atoms with Crippen molar-refractivity contribution < 1.29 is 14.4 Å². The van der Waals surface area contributed by atoms with E-state index < -0.39 is 6.10 Å². The summed E-state index contributed by atoms with van der Waals surface area (Å²) in [6.45, 7) is 2.46. The first-order valence-electron chi connectivity index (χ1n) is 7.67. The summed E-state index contributed by atoms with van der Waals surface area (Å²) in [6.07, 6.45) is -0.793. The maximum Gasteiger partial charge on any atom is 0.173 e. The second-order valence-electron chi connectivity index (χ2n) is 5.53. The minimum absolute atomic E-state index is 0.181. The first kappa shape index (κ1) is 16.9. The van der Waals surface area contributed by atoms with E-state index >= 15 is 0 Å². The molecule has 124 valence electrons. The van der Waals surface area contributed by atoms with E-state index in [1.807, 2.05) is 61.5 Å². The zero-order valence-electron chi connectivity index (χ0n) is 13.3. The predicted molar refractivity (Wildman–Crippen MR) is 95.4 cm³/mol. The Hall–Kier alpha value is -1.95. The Bertz CT molecular complexity index is 784. The molecule has 0 saturated carbocycles. The summed E-state index contributed by atoms with van der Waals surface area (Å²) in [5.74, 6) is 0.579. The highest BCUT2D eigenvalue weighted by atomic mass is 79.9. The van der Waals surface area contributed by atoms with E-state index in [1.165, 1.54) is 0 Å². The summed E-state index contributed by atoms with van der Waals surface area (Å²) in [7, 11) is 0. The van der Waals surface area contributed by atoms with Crippen LogP contribution in [0.5, 0.6) is 0 Å². The minimum Gasteiger partial charge on any atom is -0.386 e. The van der Waals surface area contributed by atoms with Crippen LogP contribution in [0.15, 0.2) is 63.6 Å². The Morgan fingerprint density at radius 3 is 2.54 bits per heavy atom. The van der Waals surface area contributed by atoms with Crippen LogP contribution < -0.4 is 0 Å². The maximum atomic E-state index is 10.5. The van der Waals surface area contributed by atoms with Crippen LogP contribution >= 0.6 is 15.9 Å². The van der Waals surface area contributed by atoms with E-state index in [0.29, 0.717) is 23.6 Å². The van der Waals surface area contributed by atoms with Gasteiger partial charge in [-0.3, -0.25) is 0 Å². The number of hydrogen-bond donors (Lipinski definition) is 1. The van der Waals surface area contributed by atoms with E-state index in [9.17, 15) is 5.11 Å². The van der Waals surface area contributed by atoms with Crippen molar-refractivity contribution in [1.82, 2.24) is 5.16 Å². The van der Waals surface area contributed by atoms with Crippen molar-refractivity contribution in [3.05, 3.63) is 75.9 Å². The van der Waals surface area contributed by atoms with Crippen molar-refractivity contribution in [2.24, 2.45) is 0 Å². The van der Waals surface area contributed by atoms with Gasteiger partial charge in [0.15, 0.2) is 5.76 Å². The molecule has 0 radical (unpaired) electrons. The molecule has 4 nitrogen and oxygen atoms in total. The Morgan fingerprint density at radius 2 is 1.83 bits per heavy atom. The van der Waals surface area contributed by atoms with Gasteiger partial charge in [-0.15, -0.1) is 0 Å². The third kappa shape index (κ3) is 3.93. The first-order valence-corrected chi connectivity index (χ1v) is 8.46. The quantitative estimate of drug-likeness (QED) is 0.667. The fourth-order valence-electron chi connectivity index (χ4n) is 2.52. The first-order chi connectivity index (χ1) is 11.6. The summed E-state index contributed by atoms with van der Waals surface area (Å²) in [5, 5.41) is 14.5. The summed E-state index contributed by atoms with van der Waals surface area (Å²) in [5.41, 5.74) is 3.28. The molecule has 0 aliphatic heterocycles. The molecular weight excluding hydrogens is 370 g/mol. The van der Waals surface area contributed by atoms with Crippen LogP contribution in [0.1, 0.15) is 22.9 Å². The molecular formula is C19H18BrNO3. The average Bonchev–Trinajstić information content (AvgIpc) is 2.98. The van der Waals surface area contributed by atoms with Gasteiger partial charge in [0.1, 0.15) is 6.10 Å². The molecule has 0 bridgehead atoms. The van der Waals surface area contributed by atoms with Crippen LogP contribution in [0.4, 0.5) is 0 Å². The molecule has 0 spiro atoms. The van der Waals surface area contributed by atoms with Gasteiger partial charge in [-0.25, -0.2) is 0 Å². The lowest BCUT2D eigenvalue weighted by atomic mass is 10.0. The second kappa shape index (κ2) is 7.75. The Labute approximate surface area is 149 Å². The number of aryl methyl sites for hydroxylation is 1. The van der Waals surface area contributed by atoms with Gasteiger partial charge in [-0.05, 0) is 24.6 Å². The van der Waals surface area contributed by atoms with Gasteiger partial charge >= 0.3 is 0 Å². The third-order valence-corrected chi connectivity index (χ3v) is 4.26. The Balaban J connectivity index is 1.71. The van der Waals surface area contributed by atoms with Gasteiger partial charge in [0.05, 0.1) is 24.5 Å². The molecule has 24 heavy (non-hydrogen) atoms. The van der Waals surface area contributed by atoms with Crippen LogP contribution in [-0.2, 0) is 11.3 Å². The number of halogens is 1. The average molecular weight is 388 g/mol. The zero-order valence-corrected chi connectivity index (χ0v) is 14.9. The Kier molecular flexibility index (Phi) is 5.45. The van der Waals surface area contributed by atoms with Crippen LogP contribution in [0.2, 0.25) is 0 Å². The lowest BCUT2D eigenvalue weighted by Crippen LogP contribution is -2.09. The molecule has 1 aromatic heterocycles. The molecule has 2 aromatic carbocycles. The number of aromatic nitrogens is 1. The van der Waals surface area contributed by atoms with E-state index in [4.69, 9.17) is 9.26 Å². The fraction of sp³-hybridized carbons (Fsp3) is 0.211. The topological polar surface area (TPSA) is 55.5 Å². The summed E-state index contributed by atoms with van der Waals surface area (Å²) in [4.78, 5) is 0. The van der Waals surface area contributed by atoms with Crippen molar-refractivity contribution in [3.63, 3.8) is 0 Å². The molecule has 1 atom stereocenters. The van der Waals surface area contributed by atoms with E-state index in [2.05, 4.69) is 21.1 Å². The van der Waals surface area contributed by atoms with Gasteiger partial charge in [0, 0.05) is 10.0 Å². The maximum absolute atomic E-state index is 10.5. The number of aliphatic hydroxyl groups is 1. The lowest BCUT2D eigenvalue weighted by molar-refractivity contribution is 0.0275. The molecule has 3 aromatic rings. The highest BCUT2D eigenvalue weighted by Crippen LogP contribution is 2.32. The number of ether oxygens (including phenoxy) is 1. The van der Waals surface area contributed by atoms with E-state index in [-0.39, 0.29) is 6.61 Å². The molecule has 1 heterocycles. The zero-order chi connectivity index (χ0) is 16.9. The smallest absolute Gasteiger partial charge is 0.173 e. The monoisotopic (exact) mass is 387 g/mol. The summed E-state index contributed by atoms with van der Waals surface area (Å²) in [6, 6.07) is 17.6. The number of benzene rings is 2. The van der Waals surface area contributed by atoms with Crippen LogP contribution in [0.3, 0.4) is 0 Å². The normalized spacial score (nSPS) is 12.3. The number of rotatable bonds is 6. The largest absolute Gasteiger partial charge is 0.386 e. The molecule has 1 N–H and O–H groups in total. The van der Waals surface area contributed by atoms with Crippen molar-refractivity contribution >= 4 is 15.9 Å². The van der Waals surface area contributed by atoms with Gasteiger partial charge < -0.3 is 14.4 Å². The summed E-state index contributed by atoms with van der Waals surface area (Å²) < 4.78 is 12.1. The predicted octanol–water partition coefficient (Wildman–Crippen LogP) is 4.66. The van der Waals surface area contributed by atoms with Crippen molar-refractivity contribution in [2.45, 2.75) is 19.6 Å². The molecule has 3 rings (SSSR count). The van der Waals surface area contributed by atoms with Crippen molar-refractivity contribution in [2.75, 3.05) is 6.61 Å². The minimum atomic E-state index is -0.793. The molecule has 0 aliphatic carbocycles. The van der Waals surface area contributed by atoms with Gasteiger partial charge in [-0.2, -0.15) is 0 Å². The standard InChI is InChI=1S/C19H18BrNO3/c1-13-18(17(22)12-23-11-14-5-3-2-4-6-14)19(24-21-13)15-7-9-16(20)10-8-15/h2-10,17,22H,11-12H2,1H3/t17-/m1/s1. The SMILES string of the molecule is Cc1noc(-c2ccc(Br)cc2)c1[C@H](O)COCc1ccccc1. The second-order valence-corrected chi connectivity index (χ2v) is 6.45.